The van der Waals surface area contributed by atoms with Crippen molar-refractivity contribution in [3.63, 3.8) is 0 Å². The third-order valence-corrected chi connectivity index (χ3v) is 3.63. The van der Waals surface area contributed by atoms with E-state index in [2.05, 4.69) is 0 Å². The first kappa shape index (κ1) is 15.3. The summed E-state index contributed by atoms with van der Waals surface area (Å²) in [6, 6.07) is 6.01. The van der Waals surface area contributed by atoms with E-state index in [1.165, 1.54) is 19.1 Å². The van der Waals surface area contributed by atoms with Gasteiger partial charge in [-0.1, -0.05) is 6.07 Å². The van der Waals surface area contributed by atoms with Crippen LogP contribution in [0, 0.1) is 0 Å². The maximum atomic E-state index is 12.6. The fourth-order valence-corrected chi connectivity index (χ4v) is 2.47. The fourth-order valence-electron chi connectivity index (χ4n) is 2.47. The molecule has 1 aliphatic heterocycles. The number of carbonyl (C=O) groups excluding carboxylic acids is 2. The Morgan fingerprint density at radius 2 is 2.10 bits per heavy atom. The molecule has 6 nitrogen and oxygen atoms in total. The third kappa shape index (κ3) is 3.33. The molecular weight excluding hydrogens is 274 g/mol. The standard InChI is InChI=1S/C15H19NO5/c1-20-12-5-3-4-10(8-12)14(18)16-7-6-11(17)9-13(16)15(19)21-2/h3-5,8,11,13,17H,6-7,9H2,1-2H3/t11-,13+/m0/s1. The summed E-state index contributed by atoms with van der Waals surface area (Å²) in [5.41, 5.74) is 0.444. The van der Waals surface area contributed by atoms with E-state index in [4.69, 9.17) is 9.47 Å². The number of aliphatic hydroxyl groups is 1. The number of likely N-dealkylation sites (tertiary alicyclic amines) is 1. The van der Waals surface area contributed by atoms with Gasteiger partial charge in [-0.3, -0.25) is 4.79 Å². The van der Waals surface area contributed by atoms with E-state index in [-0.39, 0.29) is 12.3 Å². The summed E-state index contributed by atoms with van der Waals surface area (Å²) in [6.45, 7) is 0.316. The molecule has 0 saturated carbocycles. The number of benzene rings is 1. The molecule has 1 amide bonds. The van der Waals surface area contributed by atoms with Crippen molar-refractivity contribution in [1.29, 1.82) is 0 Å². The average molecular weight is 293 g/mol. The molecule has 0 unspecified atom stereocenters. The van der Waals surface area contributed by atoms with E-state index in [0.29, 0.717) is 24.3 Å². The maximum absolute atomic E-state index is 12.6. The van der Waals surface area contributed by atoms with Crippen LogP contribution in [0.4, 0.5) is 0 Å². The lowest BCUT2D eigenvalue weighted by Crippen LogP contribution is -2.51. The van der Waals surface area contributed by atoms with Gasteiger partial charge in [0.2, 0.25) is 0 Å². The summed E-state index contributed by atoms with van der Waals surface area (Å²) in [6.07, 6.45) is 0.0504. The number of carbonyl (C=O) groups is 2. The van der Waals surface area contributed by atoms with Crippen LogP contribution < -0.4 is 4.74 Å². The van der Waals surface area contributed by atoms with Gasteiger partial charge in [-0.15, -0.1) is 0 Å². The molecule has 114 valence electrons. The number of nitrogens with zero attached hydrogens (tertiary/aromatic N) is 1. The average Bonchev–Trinajstić information content (AvgIpc) is 2.53. The lowest BCUT2D eigenvalue weighted by Gasteiger charge is -2.36. The first-order chi connectivity index (χ1) is 10.1. The number of methoxy groups -OCH3 is 2. The van der Waals surface area contributed by atoms with Gasteiger partial charge >= 0.3 is 5.97 Å². The van der Waals surface area contributed by atoms with Crippen LogP contribution >= 0.6 is 0 Å². The minimum Gasteiger partial charge on any atom is -0.497 e. The molecule has 0 bridgehead atoms. The predicted octanol–water partition coefficient (Wildman–Crippen LogP) is 0.834. The molecule has 1 aromatic carbocycles. The third-order valence-electron chi connectivity index (χ3n) is 3.63. The Balaban J connectivity index is 2.24. The van der Waals surface area contributed by atoms with Gasteiger partial charge in [-0.05, 0) is 24.6 Å². The highest BCUT2D eigenvalue weighted by atomic mass is 16.5. The van der Waals surface area contributed by atoms with Crippen LogP contribution in [0.25, 0.3) is 0 Å². The normalized spacial score (nSPS) is 21.8. The number of hydrogen-bond donors (Lipinski definition) is 1. The number of aliphatic hydroxyl groups excluding tert-OH is 1. The predicted molar refractivity (Wildman–Crippen MR) is 75.1 cm³/mol. The van der Waals surface area contributed by atoms with Crippen molar-refractivity contribution in [2.24, 2.45) is 0 Å². The molecule has 0 aromatic heterocycles. The Hall–Kier alpha value is -2.08. The van der Waals surface area contributed by atoms with Crippen molar-refractivity contribution in [3.05, 3.63) is 29.8 Å². The van der Waals surface area contributed by atoms with Crippen LogP contribution in [0.5, 0.6) is 5.75 Å². The summed E-state index contributed by atoms with van der Waals surface area (Å²) in [5.74, 6) is -0.200. The number of amides is 1. The van der Waals surface area contributed by atoms with E-state index in [9.17, 15) is 14.7 Å². The maximum Gasteiger partial charge on any atom is 0.328 e. The molecule has 21 heavy (non-hydrogen) atoms. The Morgan fingerprint density at radius 3 is 2.76 bits per heavy atom. The molecule has 1 saturated heterocycles. The van der Waals surface area contributed by atoms with Gasteiger partial charge in [0.1, 0.15) is 11.8 Å². The smallest absolute Gasteiger partial charge is 0.328 e. The monoisotopic (exact) mass is 293 g/mol. The van der Waals surface area contributed by atoms with Crippen LogP contribution in [0.15, 0.2) is 24.3 Å². The second-order valence-electron chi connectivity index (χ2n) is 4.95. The Kier molecular flexibility index (Phi) is 4.80. The second kappa shape index (κ2) is 6.58. The van der Waals surface area contributed by atoms with Crippen molar-refractivity contribution in [2.45, 2.75) is 25.0 Å². The highest BCUT2D eigenvalue weighted by Crippen LogP contribution is 2.22. The van der Waals surface area contributed by atoms with Crippen LogP contribution in [0.2, 0.25) is 0 Å². The highest BCUT2D eigenvalue weighted by Gasteiger charge is 2.36. The Morgan fingerprint density at radius 1 is 1.33 bits per heavy atom. The molecule has 0 radical (unpaired) electrons. The molecule has 6 heteroatoms. The molecule has 0 spiro atoms. The van der Waals surface area contributed by atoms with Gasteiger partial charge in [0.05, 0.1) is 20.3 Å². The highest BCUT2D eigenvalue weighted by molar-refractivity contribution is 5.97. The quantitative estimate of drug-likeness (QED) is 0.836. The van der Waals surface area contributed by atoms with Crippen LogP contribution in [0.3, 0.4) is 0 Å². The van der Waals surface area contributed by atoms with Crippen molar-refractivity contribution < 1.29 is 24.2 Å². The molecule has 1 fully saturated rings. The topological polar surface area (TPSA) is 76.1 Å². The molecule has 1 aromatic rings. The molecule has 1 aliphatic rings. The molecule has 1 N–H and O–H groups in total. The Labute approximate surface area is 123 Å². The van der Waals surface area contributed by atoms with Gasteiger partial charge in [-0.2, -0.15) is 0 Å². The second-order valence-corrected chi connectivity index (χ2v) is 4.95. The zero-order valence-corrected chi connectivity index (χ0v) is 12.1. The summed E-state index contributed by atoms with van der Waals surface area (Å²) < 4.78 is 9.83. The lowest BCUT2D eigenvalue weighted by atomic mass is 9.98. The lowest BCUT2D eigenvalue weighted by molar-refractivity contribution is -0.148. The van der Waals surface area contributed by atoms with Gasteiger partial charge in [0.15, 0.2) is 0 Å². The van der Waals surface area contributed by atoms with Gasteiger partial charge in [0.25, 0.3) is 5.91 Å². The Bertz CT molecular complexity index is 531. The number of piperidine rings is 1. The zero-order valence-electron chi connectivity index (χ0n) is 12.1. The van der Waals surface area contributed by atoms with E-state index < -0.39 is 18.1 Å². The number of ether oxygens (including phenoxy) is 2. The summed E-state index contributed by atoms with van der Waals surface area (Å²) in [4.78, 5) is 25.9. The van der Waals surface area contributed by atoms with Crippen LogP contribution in [0.1, 0.15) is 23.2 Å². The SMILES string of the molecule is COC(=O)[C@H]1C[C@@H](O)CCN1C(=O)c1cccc(OC)c1. The number of rotatable bonds is 3. The minimum absolute atomic E-state index is 0.197. The van der Waals surface area contributed by atoms with Gasteiger partial charge < -0.3 is 19.5 Å². The van der Waals surface area contributed by atoms with Crippen LogP contribution in [-0.4, -0.2) is 54.8 Å². The largest absolute Gasteiger partial charge is 0.497 e. The molecule has 2 atom stereocenters. The van der Waals surface area contributed by atoms with Crippen molar-refractivity contribution in [2.75, 3.05) is 20.8 Å². The number of esters is 1. The van der Waals surface area contributed by atoms with Gasteiger partial charge in [-0.25, -0.2) is 4.79 Å². The molecule has 0 aliphatic carbocycles. The molecular formula is C15H19NO5. The van der Waals surface area contributed by atoms with Crippen molar-refractivity contribution in [3.8, 4) is 5.75 Å². The summed E-state index contributed by atoms with van der Waals surface area (Å²) in [7, 11) is 2.80. The van der Waals surface area contributed by atoms with Crippen molar-refractivity contribution >= 4 is 11.9 Å². The fraction of sp³-hybridized carbons (Fsp3) is 0.467. The summed E-state index contributed by atoms with van der Waals surface area (Å²) in [5, 5.41) is 9.71. The molecule has 2 rings (SSSR count). The van der Waals surface area contributed by atoms with E-state index in [1.807, 2.05) is 0 Å². The van der Waals surface area contributed by atoms with Gasteiger partial charge in [0, 0.05) is 18.5 Å². The summed E-state index contributed by atoms with van der Waals surface area (Å²) >= 11 is 0. The minimum atomic E-state index is -0.752. The molecule has 1 heterocycles. The van der Waals surface area contributed by atoms with E-state index in [0.717, 1.165) is 0 Å². The van der Waals surface area contributed by atoms with E-state index >= 15 is 0 Å². The van der Waals surface area contributed by atoms with Crippen molar-refractivity contribution in [1.82, 2.24) is 4.90 Å². The first-order valence-electron chi connectivity index (χ1n) is 6.77. The first-order valence-corrected chi connectivity index (χ1v) is 6.77. The van der Waals surface area contributed by atoms with Crippen LogP contribution in [-0.2, 0) is 9.53 Å². The van der Waals surface area contributed by atoms with E-state index in [1.54, 1.807) is 24.3 Å². The zero-order chi connectivity index (χ0) is 15.4. The number of hydrogen-bond acceptors (Lipinski definition) is 5.